The van der Waals surface area contributed by atoms with Crippen LogP contribution in [0.4, 0.5) is 0 Å². The number of rotatable bonds is 5. The average molecular weight is 243 g/mol. The van der Waals surface area contributed by atoms with Gasteiger partial charge in [-0.1, -0.05) is 18.5 Å². The van der Waals surface area contributed by atoms with E-state index in [1.165, 1.54) is 12.4 Å². The molecule has 0 saturated heterocycles. The summed E-state index contributed by atoms with van der Waals surface area (Å²) in [5.41, 5.74) is 0.429. The molecule has 5 heteroatoms. The van der Waals surface area contributed by atoms with Crippen molar-refractivity contribution in [3.8, 4) is 0 Å². The molecule has 0 bridgehead atoms. The number of amides is 1. The second-order valence-corrected chi connectivity index (χ2v) is 3.78. The van der Waals surface area contributed by atoms with Crippen LogP contribution in [0.3, 0.4) is 0 Å². The third kappa shape index (κ3) is 3.18. The zero-order valence-corrected chi connectivity index (χ0v) is 9.94. The summed E-state index contributed by atoms with van der Waals surface area (Å²) >= 11 is 5.89. The van der Waals surface area contributed by atoms with Gasteiger partial charge in [0.05, 0.1) is 17.2 Å². The Hall–Kier alpha value is -1.13. The Morgan fingerprint density at radius 3 is 2.88 bits per heavy atom. The van der Waals surface area contributed by atoms with Crippen LogP contribution in [0.5, 0.6) is 0 Å². The first-order valence-electron chi connectivity index (χ1n) is 5.20. The molecule has 0 spiro atoms. The lowest BCUT2D eigenvalue weighted by Crippen LogP contribution is -2.34. The number of hydrogen-bond acceptors (Lipinski definition) is 3. The normalized spacial score (nSPS) is 10.2. The van der Waals surface area contributed by atoms with E-state index in [9.17, 15) is 4.79 Å². The summed E-state index contributed by atoms with van der Waals surface area (Å²) in [6, 6.07) is 1.59. The van der Waals surface area contributed by atoms with Gasteiger partial charge in [0.1, 0.15) is 0 Å². The smallest absolute Gasteiger partial charge is 0.255 e. The highest BCUT2D eigenvalue weighted by molar-refractivity contribution is 6.33. The van der Waals surface area contributed by atoms with Gasteiger partial charge in [-0.05, 0) is 12.5 Å². The number of pyridine rings is 1. The number of carbonyl (C=O) groups excluding carboxylic acids is 1. The van der Waals surface area contributed by atoms with Crippen molar-refractivity contribution >= 4 is 17.5 Å². The molecule has 0 aliphatic carbocycles. The van der Waals surface area contributed by atoms with Gasteiger partial charge in [-0.25, -0.2) is 0 Å². The molecule has 0 radical (unpaired) electrons. The van der Waals surface area contributed by atoms with Crippen LogP contribution in [0.2, 0.25) is 5.02 Å². The van der Waals surface area contributed by atoms with E-state index >= 15 is 0 Å². The lowest BCUT2D eigenvalue weighted by molar-refractivity contribution is 0.0722. The van der Waals surface area contributed by atoms with E-state index in [0.717, 1.165) is 6.42 Å². The molecular weight excluding hydrogens is 228 g/mol. The van der Waals surface area contributed by atoms with Gasteiger partial charge in [0.15, 0.2) is 0 Å². The van der Waals surface area contributed by atoms with Crippen molar-refractivity contribution in [1.29, 1.82) is 0 Å². The van der Waals surface area contributed by atoms with E-state index in [4.69, 9.17) is 16.7 Å². The fourth-order valence-corrected chi connectivity index (χ4v) is 1.62. The Morgan fingerprint density at radius 2 is 2.31 bits per heavy atom. The summed E-state index contributed by atoms with van der Waals surface area (Å²) in [4.78, 5) is 17.5. The molecule has 1 amide bonds. The molecule has 0 unspecified atom stereocenters. The highest BCUT2D eigenvalue weighted by Gasteiger charge is 2.16. The van der Waals surface area contributed by atoms with Crippen LogP contribution in [-0.4, -0.2) is 40.6 Å². The van der Waals surface area contributed by atoms with Crippen LogP contribution in [0.25, 0.3) is 0 Å². The van der Waals surface area contributed by atoms with Gasteiger partial charge < -0.3 is 10.0 Å². The highest BCUT2D eigenvalue weighted by Crippen LogP contribution is 2.15. The number of aromatic nitrogens is 1. The highest BCUT2D eigenvalue weighted by atomic mass is 35.5. The Kier molecular flexibility index (Phi) is 5.22. The summed E-state index contributed by atoms with van der Waals surface area (Å²) < 4.78 is 0. The van der Waals surface area contributed by atoms with Crippen molar-refractivity contribution in [2.24, 2.45) is 0 Å². The Morgan fingerprint density at radius 1 is 1.56 bits per heavy atom. The quantitative estimate of drug-likeness (QED) is 0.853. The molecule has 88 valence electrons. The molecule has 1 aromatic rings. The van der Waals surface area contributed by atoms with Gasteiger partial charge in [-0.15, -0.1) is 0 Å². The first-order valence-corrected chi connectivity index (χ1v) is 5.58. The largest absolute Gasteiger partial charge is 0.395 e. The Bertz CT molecular complexity index is 352. The molecular formula is C11H15ClN2O2. The van der Waals surface area contributed by atoms with Crippen molar-refractivity contribution in [2.45, 2.75) is 13.3 Å². The number of carbonyl (C=O) groups is 1. The minimum absolute atomic E-state index is 0.0472. The molecule has 0 fully saturated rings. The SMILES string of the molecule is CCCN(CCO)C(=O)c1ccncc1Cl. The molecule has 1 rings (SSSR count). The van der Waals surface area contributed by atoms with Crippen LogP contribution in [0, 0.1) is 0 Å². The van der Waals surface area contributed by atoms with Gasteiger partial charge in [-0.2, -0.15) is 0 Å². The molecule has 4 nitrogen and oxygen atoms in total. The third-order valence-corrected chi connectivity index (χ3v) is 2.45. The van der Waals surface area contributed by atoms with Crippen LogP contribution >= 0.6 is 11.6 Å². The van der Waals surface area contributed by atoms with E-state index < -0.39 is 0 Å². The average Bonchev–Trinajstić information content (AvgIpc) is 2.28. The number of aliphatic hydroxyl groups excluding tert-OH is 1. The first-order chi connectivity index (χ1) is 7.70. The van der Waals surface area contributed by atoms with E-state index in [2.05, 4.69) is 4.98 Å². The fourth-order valence-electron chi connectivity index (χ4n) is 1.42. The van der Waals surface area contributed by atoms with Gasteiger partial charge >= 0.3 is 0 Å². The lowest BCUT2D eigenvalue weighted by atomic mass is 10.2. The zero-order chi connectivity index (χ0) is 12.0. The maximum absolute atomic E-state index is 12.0. The minimum Gasteiger partial charge on any atom is -0.395 e. The van der Waals surface area contributed by atoms with Crippen LogP contribution in [-0.2, 0) is 0 Å². The fraction of sp³-hybridized carbons (Fsp3) is 0.455. The molecule has 0 saturated carbocycles. The Labute approximate surface area is 99.9 Å². The van der Waals surface area contributed by atoms with E-state index in [1.807, 2.05) is 6.92 Å². The maximum atomic E-state index is 12.0. The zero-order valence-electron chi connectivity index (χ0n) is 9.19. The molecule has 0 aliphatic rings. The predicted molar refractivity (Wildman–Crippen MR) is 62.5 cm³/mol. The summed E-state index contributed by atoms with van der Waals surface area (Å²) in [6.45, 7) is 2.86. The number of aliphatic hydroxyl groups is 1. The van der Waals surface area contributed by atoms with Crippen molar-refractivity contribution in [1.82, 2.24) is 9.88 Å². The minimum atomic E-state index is -0.164. The van der Waals surface area contributed by atoms with Gasteiger partial charge in [0.2, 0.25) is 0 Å². The number of halogens is 1. The molecule has 0 aliphatic heterocycles. The molecule has 16 heavy (non-hydrogen) atoms. The maximum Gasteiger partial charge on any atom is 0.255 e. The van der Waals surface area contributed by atoms with E-state index in [-0.39, 0.29) is 12.5 Å². The second kappa shape index (κ2) is 6.45. The summed E-state index contributed by atoms with van der Waals surface area (Å²) in [5, 5.41) is 9.23. The van der Waals surface area contributed by atoms with Crippen molar-refractivity contribution in [3.05, 3.63) is 29.0 Å². The van der Waals surface area contributed by atoms with E-state index in [0.29, 0.717) is 23.7 Å². The van der Waals surface area contributed by atoms with Crippen molar-refractivity contribution in [2.75, 3.05) is 19.7 Å². The predicted octanol–water partition coefficient (Wildman–Crippen LogP) is 1.58. The second-order valence-electron chi connectivity index (χ2n) is 3.37. The third-order valence-electron chi connectivity index (χ3n) is 2.15. The molecule has 0 atom stereocenters. The van der Waals surface area contributed by atoms with Gasteiger partial charge in [0, 0.05) is 25.5 Å². The van der Waals surface area contributed by atoms with Crippen molar-refractivity contribution in [3.63, 3.8) is 0 Å². The topological polar surface area (TPSA) is 53.4 Å². The van der Waals surface area contributed by atoms with Crippen LogP contribution in [0.15, 0.2) is 18.5 Å². The van der Waals surface area contributed by atoms with Gasteiger partial charge in [-0.3, -0.25) is 9.78 Å². The summed E-state index contributed by atoms with van der Waals surface area (Å²) in [7, 11) is 0. The van der Waals surface area contributed by atoms with Gasteiger partial charge in [0.25, 0.3) is 5.91 Å². The number of hydrogen-bond donors (Lipinski definition) is 1. The number of nitrogens with zero attached hydrogens (tertiary/aromatic N) is 2. The first kappa shape index (κ1) is 12.9. The lowest BCUT2D eigenvalue weighted by Gasteiger charge is -2.21. The van der Waals surface area contributed by atoms with Crippen molar-refractivity contribution < 1.29 is 9.90 Å². The monoisotopic (exact) mass is 242 g/mol. The summed E-state index contributed by atoms with van der Waals surface area (Å²) in [5.74, 6) is -0.164. The molecule has 1 N–H and O–H groups in total. The van der Waals surface area contributed by atoms with E-state index in [1.54, 1.807) is 11.0 Å². The molecule has 1 heterocycles. The molecule has 0 aromatic carbocycles. The van der Waals surface area contributed by atoms with Crippen LogP contribution in [0.1, 0.15) is 23.7 Å². The van der Waals surface area contributed by atoms with Crippen LogP contribution < -0.4 is 0 Å². The molecule has 1 aromatic heterocycles. The Balaban J connectivity index is 2.85. The standard InChI is InChI=1S/C11H15ClN2O2/c1-2-5-14(6-7-15)11(16)9-3-4-13-8-10(9)12/h3-4,8,15H,2,5-7H2,1H3. The summed E-state index contributed by atoms with van der Waals surface area (Å²) in [6.07, 6.45) is 3.81.